The van der Waals surface area contributed by atoms with E-state index in [-0.39, 0.29) is 23.0 Å². The molecule has 2 amide bonds. The number of amides is 2. The third-order valence-electron chi connectivity index (χ3n) is 8.37. The number of rotatable bonds is 6. The molecule has 198 valence electrons. The van der Waals surface area contributed by atoms with E-state index in [4.69, 9.17) is 0 Å². The highest BCUT2D eigenvalue weighted by atomic mass is 19.1. The first-order valence-corrected chi connectivity index (χ1v) is 13.3. The SMILES string of the molecule is C[C@]12Cc3cnn(-c4ccc(F)cc4)c3C=C1CC[C@@H]2CC(NC(=O)Nc1ccccc1F)c1ccccc1. The number of nitrogens with one attached hydrogen (secondary N) is 2. The molecular weight excluding hydrogens is 494 g/mol. The molecule has 1 aromatic heterocycles. The second kappa shape index (κ2) is 10.1. The van der Waals surface area contributed by atoms with Gasteiger partial charge in [-0.2, -0.15) is 5.10 Å². The molecule has 2 aliphatic rings. The molecule has 39 heavy (non-hydrogen) atoms. The van der Waals surface area contributed by atoms with Crippen LogP contribution in [0.1, 0.15) is 49.0 Å². The maximum Gasteiger partial charge on any atom is 0.319 e. The van der Waals surface area contributed by atoms with Crippen LogP contribution in [0.3, 0.4) is 0 Å². The molecule has 0 spiro atoms. The molecule has 7 heteroatoms. The minimum atomic E-state index is -0.471. The second-order valence-electron chi connectivity index (χ2n) is 10.7. The topological polar surface area (TPSA) is 59.0 Å². The normalized spacial score (nSPS) is 20.5. The lowest BCUT2D eigenvalue weighted by atomic mass is 9.68. The Labute approximate surface area is 226 Å². The van der Waals surface area contributed by atoms with Crippen LogP contribution in [0, 0.1) is 23.0 Å². The van der Waals surface area contributed by atoms with Gasteiger partial charge in [-0.05, 0) is 90.6 Å². The number of halogens is 2. The Morgan fingerprint density at radius 3 is 2.56 bits per heavy atom. The fourth-order valence-electron chi connectivity index (χ4n) is 6.23. The van der Waals surface area contributed by atoms with E-state index in [9.17, 15) is 13.6 Å². The number of carbonyl (C=O) groups excluding carboxylic acids is 1. The summed E-state index contributed by atoms with van der Waals surface area (Å²) in [6.07, 6.45) is 7.76. The number of nitrogens with zero attached hydrogens (tertiary/aromatic N) is 2. The summed E-state index contributed by atoms with van der Waals surface area (Å²) >= 11 is 0. The highest BCUT2D eigenvalue weighted by molar-refractivity contribution is 5.89. The van der Waals surface area contributed by atoms with Crippen LogP contribution in [0.15, 0.2) is 90.6 Å². The van der Waals surface area contributed by atoms with Crippen LogP contribution in [0.4, 0.5) is 19.3 Å². The van der Waals surface area contributed by atoms with E-state index in [1.54, 1.807) is 30.3 Å². The van der Waals surface area contributed by atoms with Crippen molar-refractivity contribution >= 4 is 17.8 Å². The van der Waals surface area contributed by atoms with Crippen molar-refractivity contribution in [2.45, 2.75) is 38.6 Å². The maximum absolute atomic E-state index is 14.2. The number of anilines is 1. The maximum atomic E-state index is 14.2. The summed E-state index contributed by atoms with van der Waals surface area (Å²) in [6, 6.07) is 21.8. The van der Waals surface area contributed by atoms with Gasteiger partial charge in [0.1, 0.15) is 11.6 Å². The molecule has 2 aliphatic carbocycles. The minimum Gasteiger partial charge on any atom is -0.331 e. The Morgan fingerprint density at radius 2 is 1.79 bits per heavy atom. The third kappa shape index (κ3) is 4.85. The minimum absolute atomic E-state index is 0.0691. The van der Waals surface area contributed by atoms with E-state index in [0.29, 0.717) is 5.92 Å². The lowest BCUT2D eigenvalue weighted by Gasteiger charge is -2.37. The number of hydrogen-bond donors (Lipinski definition) is 2. The summed E-state index contributed by atoms with van der Waals surface area (Å²) in [5.74, 6) is -0.417. The molecule has 6 rings (SSSR count). The Hall–Kier alpha value is -4.26. The quantitative estimate of drug-likeness (QED) is 0.275. The molecule has 5 nitrogen and oxygen atoms in total. The Balaban J connectivity index is 1.24. The first-order chi connectivity index (χ1) is 18.9. The first kappa shape index (κ1) is 25.0. The highest BCUT2D eigenvalue weighted by Gasteiger charge is 2.46. The molecule has 0 saturated heterocycles. The van der Waals surface area contributed by atoms with Gasteiger partial charge >= 0.3 is 6.03 Å². The molecule has 4 aromatic rings. The summed E-state index contributed by atoms with van der Waals surface area (Å²) in [5, 5.41) is 10.4. The number of carbonyl (C=O) groups is 1. The van der Waals surface area contributed by atoms with Gasteiger partial charge in [-0.3, -0.25) is 0 Å². The monoisotopic (exact) mass is 524 g/mol. The van der Waals surface area contributed by atoms with Crippen molar-refractivity contribution in [3.63, 3.8) is 0 Å². The average Bonchev–Trinajstić information content (AvgIpc) is 3.48. The van der Waals surface area contributed by atoms with Crippen molar-refractivity contribution in [3.05, 3.63) is 119 Å². The number of urea groups is 1. The molecule has 0 aliphatic heterocycles. The van der Waals surface area contributed by atoms with Crippen molar-refractivity contribution in [2.24, 2.45) is 11.3 Å². The Bertz CT molecular complexity index is 1530. The van der Waals surface area contributed by atoms with E-state index in [0.717, 1.165) is 42.6 Å². The molecule has 1 fully saturated rings. The zero-order valence-corrected chi connectivity index (χ0v) is 21.7. The van der Waals surface area contributed by atoms with Gasteiger partial charge in [-0.25, -0.2) is 18.3 Å². The summed E-state index contributed by atoms with van der Waals surface area (Å²) in [5.41, 5.74) is 5.53. The van der Waals surface area contributed by atoms with Crippen LogP contribution in [-0.4, -0.2) is 15.8 Å². The van der Waals surface area contributed by atoms with E-state index in [1.165, 1.54) is 29.3 Å². The summed E-state index contributed by atoms with van der Waals surface area (Å²) in [7, 11) is 0. The van der Waals surface area contributed by atoms with Gasteiger partial charge in [0.2, 0.25) is 0 Å². The molecule has 2 N–H and O–H groups in total. The summed E-state index contributed by atoms with van der Waals surface area (Å²) in [4.78, 5) is 13.0. The number of aromatic nitrogens is 2. The molecule has 1 saturated carbocycles. The standard InChI is InChI=1S/C32H30F2N4O/c1-32-19-22-20-35-38(26-15-13-25(33)14-16-26)30(22)18-24(32)12-11-23(32)17-29(21-7-3-2-4-8-21)37-31(39)36-28-10-6-5-9-27(28)34/h2-10,13-16,18,20,23,29H,11-12,17,19H2,1H3,(H2,36,37,39)/t23-,29?,32-/m1/s1. The third-order valence-corrected chi connectivity index (χ3v) is 8.37. The number of allylic oxidation sites excluding steroid dienone is 1. The van der Waals surface area contributed by atoms with Gasteiger partial charge in [0.05, 0.1) is 29.3 Å². The number of hydrogen-bond acceptors (Lipinski definition) is 2. The lowest BCUT2D eigenvalue weighted by molar-refractivity contribution is 0.222. The van der Waals surface area contributed by atoms with Gasteiger partial charge in [-0.1, -0.05) is 55.0 Å². The summed E-state index contributed by atoms with van der Waals surface area (Å²) in [6.45, 7) is 2.32. The Morgan fingerprint density at radius 1 is 1.05 bits per heavy atom. The van der Waals surface area contributed by atoms with Crippen LogP contribution in [0.25, 0.3) is 11.8 Å². The van der Waals surface area contributed by atoms with Crippen LogP contribution in [0.5, 0.6) is 0 Å². The average molecular weight is 525 g/mol. The first-order valence-electron chi connectivity index (χ1n) is 13.3. The zero-order chi connectivity index (χ0) is 27.0. The number of para-hydroxylation sites is 1. The van der Waals surface area contributed by atoms with Crippen molar-refractivity contribution < 1.29 is 13.6 Å². The van der Waals surface area contributed by atoms with Crippen molar-refractivity contribution in [1.82, 2.24) is 15.1 Å². The van der Waals surface area contributed by atoms with Gasteiger partial charge < -0.3 is 10.6 Å². The Kier molecular flexibility index (Phi) is 6.51. The zero-order valence-electron chi connectivity index (χ0n) is 21.7. The van der Waals surface area contributed by atoms with Crippen molar-refractivity contribution in [2.75, 3.05) is 5.32 Å². The van der Waals surface area contributed by atoms with Gasteiger partial charge in [-0.15, -0.1) is 0 Å². The molecule has 0 bridgehead atoms. The predicted molar refractivity (Wildman–Crippen MR) is 148 cm³/mol. The molecule has 3 aromatic carbocycles. The molecular formula is C32H30F2N4O. The van der Waals surface area contributed by atoms with Crippen LogP contribution in [0.2, 0.25) is 0 Å². The predicted octanol–water partition coefficient (Wildman–Crippen LogP) is 7.46. The highest BCUT2D eigenvalue weighted by Crippen LogP contribution is 2.55. The van der Waals surface area contributed by atoms with Crippen LogP contribution < -0.4 is 10.6 Å². The molecule has 1 heterocycles. The second-order valence-corrected chi connectivity index (χ2v) is 10.7. The van der Waals surface area contributed by atoms with Crippen LogP contribution in [-0.2, 0) is 6.42 Å². The van der Waals surface area contributed by atoms with E-state index >= 15 is 0 Å². The van der Waals surface area contributed by atoms with Gasteiger partial charge in [0, 0.05) is 0 Å². The summed E-state index contributed by atoms with van der Waals surface area (Å²) < 4.78 is 29.5. The van der Waals surface area contributed by atoms with E-state index in [2.05, 4.69) is 28.7 Å². The van der Waals surface area contributed by atoms with E-state index < -0.39 is 11.8 Å². The lowest BCUT2D eigenvalue weighted by Crippen LogP contribution is -2.36. The fraction of sp³-hybridized carbons (Fsp3) is 0.250. The number of fused-ring (bicyclic) bond motifs is 2. The fourth-order valence-corrected chi connectivity index (χ4v) is 6.23. The van der Waals surface area contributed by atoms with Gasteiger partial charge in [0.25, 0.3) is 0 Å². The van der Waals surface area contributed by atoms with Crippen molar-refractivity contribution in [1.29, 1.82) is 0 Å². The molecule has 1 unspecified atom stereocenters. The van der Waals surface area contributed by atoms with Crippen molar-refractivity contribution in [3.8, 4) is 5.69 Å². The molecule has 0 radical (unpaired) electrons. The van der Waals surface area contributed by atoms with Crippen LogP contribution >= 0.6 is 0 Å². The largest absolute Gasteiger partial charge is 0.331 e. The smallest absolute Gasteiger partial charge is 0.319 e. The number of benzene rings is 3. The molecule has 3 atom stereocenters. The van der Waals surface area contributed by atoms with Gasteiger partial charge in [0.15, 0.2) is 0 Å². The van der Waals surface area contributed by atoms with E-state index in [1.807, 2.05) is 41.2 Å².